The van der Waals surface area contributed by atoms with Crippen molar-refractivity contribution >= 4 is 41.6 Å². The van der Waals surface area contributed by atoms with Gasteiger partial charge in [0.05, 0.1) is 35.6 Å². The summed E-state index contributed by atoms with van der Waals surface area (Å²) in [5.74, 6) is -6.90. The fourth-order valence-electron chi connectivity index (χ4n) is 10.3. The highest BCUT2D eigenvalue weighted by Crippen LogP contribution is 2.64. The van der Waals surface area contributed by atoms with Gasteiger partial charge in [0, 0.05) is 38.2 Å². The van der Waals surface area contributed by atoms with Gasteiger partial charge < -0.3 is 44.3 Å². The maximum absolute atomic E-state index is 15.5. The molecule has 3 aromatic rings. The average molecular weight is 880 g/mol. The minimum absolute atomic E-state index is 0.00569. The summed E-state index contributed by atoms with van der Waals surface area (Å²) in [6, 6.07) is 23.7. The molecule has 3 fully saturated rings. The van der Waals surface area contributed by atoms with Crippen LogP contribution in [0.1, 0.15) is 81.9 Å². The zero-order chi connectivity index (χ0) is 46.4. The van der Waals surface area contributed by atoms with E-state index in [0.717, 1.165) is 19.4 Å². The highest BCUT2D eigenvalue weighted by Gasteiger charge is 2.78. The Kier molecular flexibility index (Phi) is 12.6. The SMILES string of the molecule is CC(=O)O[C@H]1C(=O)[C@@]2(C)C([C@H](OC(=O)c3ccccc3)[C@]3(O)C[C@H](OC(=O)[C@H](O)[C@@H](NC(=O)/C=C/c4ccccc4)c4ccccc4)C(C)=C1C3(C)C)[C@]1(OC(C)=O)CO[C@@H]1C[C@@H]2O. The topological polar surface area (TPSA) is 221 Å². The van der Waals surface area contributed by atoms with Crippen molar-refractivity contribution in [3.63, 3.8) is 0 Å². The first kappa shape index (κ1) is 46.0. The zero-order valence-corrected chi connectivity index (χ0v) is 36.4. The number of aliphatic hydroxyl groups is 3. The molecule has 1 amide bonds. The van der Waals surface area contributed by atoms with Crippen molar-refractivity contribution in [2.24, 2.45) is 16.7 Å². The molecule has 4 aliphatic rings. The van der Waals surface area contributed by atoms with E-state index in [-0.39, 0.29) is 29.7 Å². The van der Waals surface area contributed by atoms with Gasteiger partial charge in [-0.15, -0.1) is 0 Å². The molecule has 15 nitrogen and oxygen atoms in total. The molecule has 3 aromatic carbocycles. The summed E-state index contributed by atoms with van der Waals surface area (Å²) in [7, 11) is 0. The summed E-state index contributed by atoms with van der Waals surface area (Å²) in [6.45, 7) is 7.97. The fourth-order valence-corrected chi connectivity index (χ4v) is 10.3. The minimum Gasteiger partial charge on any atom is -0.456 e. The highest BCUT2D eigenvalue weighted by molar-refractivity contribution is 5.96. The van der Waals surface area contributed by atoms with Gasteiger partial charge in [0.25, 0.3) is 0 Å². The second kappa shape index (κ2) is 17.5. The van der Waals surface area contributed by atoms with Crippen LogP contribution in [0.5, 0.6) is 0 Å². The average Bonchev–Trinajstić information content (AvgIpc) is 3.26. The van der Waals surface area contributed by atoms with Crippen LogP contribution in [0, 0.1) is 16.7 Å². The smallest absolute Gasteiger partial charge is 0.338 e. The van der Waals surface area contributed by atoms with E-state index in [1.165, 1.54) is 32.1 Å². The summed E-state index contributed by atoms with van der Waals surface area (Å²) in [4.78, 5) is 83.4. The van der Waals surface area contributed by atoms with E-state index in [2.05, 4.69) is 5.32 Å². The molecule has 1 heterocycles. The number of amides is 1. The van der Waals surface area contributed by atoms with Crippen LogP contribution < -0.4 is 5.32 Å². The summed E-state index contributed by atoms with van der Waals surface area (Å²) in [5, 5.41) is 40.2. The lowest BCUT2D eigenvalue weighted by molar-refractivity contribution is -0.346. The molecule has 1 saturated heterocycles. The lowest BCUT2D eigenvalue weighted by atomic mass is 9.44. The van der Waals surface area contributed by atoms with Crippen molar-refractivity contribution in [2.75, 3.05) is 6.61 Å². The first-order valence-electron chi connectivity index (χ1n) is 21.1. The molecule has 3 aliphatic carbocycles. The number of esters is 4. The number of ether oxygens (including phenoxy) is 5. The van der Waals surface area contributed by atoms with Gasteiger partial charge in [-0.1, -0.05) is 92.7 Å². The fraction of sp³-hybridized carbons (Fsp3) is 0.429. The largest absolute Gasteiger partial charge is 0.456 e. The molecule has 2 saturated carbocycles. The molecule has 0 spiro atoms. The van der Waals surface area contributed by atoms with E-state index in [1.54, 1.807) is 92.7 Å². The minimum atomic E-state index is -2.40. The molecule has 338 valence electrons. The van der Waals surface area contributed by atoms with Crippen LogP contribution in [0.2, 0.25) is 0 Å². The van der Waals surface area contributed by atoms with Crippen LogP contribution in [-0.4, -0.2) is 105 Å². The molecule has 64 heavy (non-hydrogen) atoms. The Morgan fingerprint density at radius 3 is 2.05 bits per heavy atom. The third kappa shape index (κ3) is 7.95. The van der Waals surface area contributed by atoms with Crippen LogP contribution in [0.25, 0.3) is 6.08 Å². The number of hydrogen-bond donors (Lipinski definition) is 4. The zero-order valence-electron chi connectivity index (χ0n) is 36.4. The normalized spacial score (nSPS) is 31.4. The Balaban J connectivity index is 1.36. The van der Waals surface area contributed by atoms with Crippen LogP contribution >= 0.6 is 0 Å². The van der Waals surface area contributed by atoms with E-state index >= 15 is 4.79 Å². The number of fused-ring (bicyclic) bond motifs is 5. The monoisotopic (exact) mass is 879 g/mol. The second-order valence-corrected chi connectivity index (χ2v) is 17.8. The van der Waals surface area contributed by atoms with E-state index in [1.807, 2.05) is 6.07 Å². The number of ketones is 1. The maximum atomic E-state index is 15.5. The van der Waals surface area contributed by atoms with Crippen molar-refractivity contribution in [1.29, 1.82) is 0 Å². The van der Waals surface area contributed by atoms with E-state index in [4.69, 9.17) is 23.7 Å². The molecule has 0 aromatic heterocycles. The third-order valence-corrected chi connectivity index (χ3v) is 13.7. The number of carbonyl (C=O) groups excluding carboxylic acids is 6. The van der Waals surface area contributed by atoms with Crippen molar-refractivity contribution < 1.29 is 67.8 Å². The number of rotatable bonds is 11. The number of nitrogens with one attached hydrogen (secondary N) is 1. The number of benzene rings is 3. The number of hydrogen-bond acceptors (Lipinski definition) is 14. The van der Waals surface area contributed by atoms with Crippen molar-refractivity contribution in [2.45, 2.75) is 108 Å². The number of carbonyl (C=O) groups is 6. The van der Waals surface area contributed by atoms with Crippen molar-refractivity contribution in [3.05, 3.63) is 125 Å². The van der Waals surface area contributed by atoms with Crippen molar-refractivity contribution in [3.8, 4) is 0 Å². The molecular weight excluding hydrogens is 827 g/mol. The van der Waals surface area contributed by atoms with Gasteiger partial charge >= 0.3 is 23.9 Å². The van der Waals surface area contributed by atoms with Gasteiger partial charge in [0.1, 0.15) is 23.9 Å². The highest BCUT2D eigenvalue weighted by atomic mass is 16.6. The Morgan fingerprint density at radius 2 is 1.47 bits per heavy atom. The van der Waals surface area contributed by atoms with Gasteiger partial charge in [0.2, 0.25) is 5.91 Å². The summed E-state index contributed by atoms with van der Waals surface area (Å²) < 4.78 is 30.3. The van der Waals surface area contributed by atoms with Gasteiger partial charge in [0.15, 0.2) is 23.6 Å². The number of Topliss-reactive ketones (excluding diaryl/α,β-unsaturated/α-hetero) is 1. The predicted octanol–water partition coefficient (Wildman–Crippen LogP) is 4.14. The summed E-state index contributed by atoms with van der Waals surface area (Å²) in [5.41, 5.74) is -6.58. The standard InChI is InChI=1S/C49H53NO14/c1-27-33(62-45(58)39(55)38(31-18-12-8-13-19-31)50-36(54)23-22-30-16-10-7-11-17-30)25-49(59)43(63-44(57)32-20-14-9-15-21-32)41-47(6,34(53)24-35-48(41,26-60-35)64-29(3)52)42(56)40(61-28(2)51)37(27)46(49,4)5/h7-23,33-35,38-41,43,53,55,59H,24-26H2,1-6H3,(H,50,54)/b23-22+/t33-,34-,35+,38-,39+,40+,41?,43-,47+,48-,49+/m0/s1. The summed E-state index contributed by atoms with van der Waals surface area (Å²) in [6.07, 6.45) is -7.73. The Hall–Kier alpha value is -6.00. The van der Waals surface area contributed by atoms with Crippen molar-refractivity contribution in [1.82, 2.24) is 5.32 Å². The molecule has 1 unspecified atom stereocenters. The van der Waals surface area contributed by atoms with Gasteiger partial charge in [-0.3, -0.25) is 19.2 Å². The molecular formula is C49H53NO14. The first-order valence-corrected chi connectivity index (χ1v) is 21.1. The Bertz CT molecular complexity index is 2370. The third-order valence-electron chi connectivity index (χ3n) is 13.7. The molecule has 7 rings (SSSR count). The second-order valence-electron chi connectivity index (χ2n) is 17.8. The van der Waals surface area contributed by atoms with E-state index in [9.17, 15) is 39.3 Å². The first-order chi connectivity index (χ1) is 30.3. The lowest BCUT2D eigenvalue weighted by Gasteiger charge is -2.67. The van der Waals surface area contributed by atoms with Crippen LogP contribution in [0.3, 0.4) is 0 Å². The molecule has 4 N–H and O–H groups in total. The molecule has 0 radical (unpaired) electrons. The van der Waals surface area contributed by atoms with E-state index in [0.29, 0.717) is 5.56 Å². The molecule has 11 atom stereocenters. The molecule has 1 aliphatic heterocycles. The van der Waals surface area contributed by atoms with Gasteiger partial charge in [-0.25, -0.2) is 9.59 Å². The van der Waals surface area contributed by atoms with Gasteiger partial charge in [-0.2, -0.15) is 0 Å². The predicted molar refractivity (Wildman–Crippen MR) is 227 cm³/mol. The molecule has 15 heteroatoms. The Morgan fingerprint density at radius 1 is 0.859 bits per heavy atom. The van der Waals surface area contributed by atoms with Crippen LogP contribution in [-0.2, 0) is 47.7 Å². The van der Waals surface area contributed by atoms with Crippen LogP contribution in [0.4, 0.5) is 0 Å². The van der Waals surface area contributed by atoms with Crippen LogP contribution in [0.15, 0.2) is 108 Å². The summed E-state index contributed by atoms with van der Waals surface area (Å²) >= 11 is 0. The quantitative estimate of drug-likeness (QED) is 0.0921. The number of aliphatic hydroxyl groups excluding tert-OH is 2. The Labute approximate surface area is 370 Å². The molecule has 2 bridgehead atoms. The van der Waals surface area contributed by atoms with Gasteiger partial charge in [-0.05, 0) is 54.3 Å². The van der Waals surface area contributed by atoms with E-state index < -0.39 is 113 Å². The lowest BCUT2D eigenvalue weighted by Crippen LogP contribution is -2.82. The maximum Gasteiger partial charge on any atom is 0.338 e.